The zero-order chi connectivity index (χ0) is 8.69. The maximum atomic E-state index is 10.6. The van der Waals surface area contributed by atoms with Gasteiger partial charge in [0.2, 0.25) is 0 Å². The van der Waals surface area contributed by atoms with Crippen molar-refractivity contribution in [3.63, 3.8) is 0 Å². The molecular formula is C8H12O3. The fraction of sp³-hybridized carbons (Fsp3) is 0.375. The lowest BCUT2D eigenvalue weighted by atomic mass is 10.4. The fourth-order valence-corrected chi connectivity index (χ4v) is 0.524. The summed E-state index contributed by atoms with van der Waals surface area (Å²) in [5.74, 6) is -0.617. The third kappa shape index (κ3) is 5.21. The molecule has 0 bridgehead atoms. The van der Waals surface area contributed by atoms with Crippen LogP contribution in [0.15, 0.2) is 24.0 Å². The SMILES string of the molecule is CC=CC(O)=CC(=O)OCC. The number of allylic oxidation sites excluding steroid dienone is 2. The lowest BCUT2D eigenvalue weighted by Gasteiger charge is -1.94. The van der Waals surface area contributed by atoms with E-state index in [2.05, 4.69) is 4.74 Å². The molecule has 0 saturated heterocycles. The van der Waals surface area contributed by atoms with Gasteiger partial charge in [0.25, 0.3) is 0 Å². The van der Waals surface area contributed by atoms with Gasteiger partial charge in [-0.1, -0.05) is 6.08 Å². The number of carbonyl (C=O) groups is 1. The Morgan fingerprint density at radius 1 is 1.64 bits per heavy atom. The molecule has 62 valence electrons. The Hall–Kier alpha value is -1.25. The molecular weight excluding hydrogens is 144 g/mol. The molecule has 0 rings (SSSR count). The Labute approximate surface area is 66.0 Å². The molecule has 1 N–H and O–H groups in total. The van der Waals surface area contributed by atoms with E-state index in [-0.39, 0.29) is 5.76 Å². The third-order valence-corrected chi connectivity index (χ3v) is 0.890. The van der Waals surface area contributed by atoms with Gasteiger partial charge in [-0.3, -0.25) is 0 Å². The lowest BCUT2D eigenvalue weighted by Crippen LogP contribution is -2.00. The first-order valence-electron chi connectivity index (χ1n) is 3.40. The van der Waals surface area contributed by atoms with E-state index in [4.69, 9.17) is 5.11 Å². The van der Waals surface area contributed by atoms with Crippen molar-refractivity contribution < 1.29 is 14.6 Å². The second kappa shape index (κ2) is 5.53. The fourth-order valence-electron chi connectivity index (χ4n) is 0.524. The van der Waals surface area contributed by atoms with Gasteiger partial charge in [0.15, 0.2) is 0 Å². The second-order valence-corrected chi connectivity index (χ2v) is 1.82. The number of hydrogen-bond donors (Lipinski definition) is 1. The van der Waals surface area contributed by atoms with Crippen LogP contribution < -0.4 is 0 Å². The quantitative estimate of drug-likeness (QED) is 0.292. The Kier molecular flexibility index (Phi) is 4.90. The number of aliphatic hydroxyl groups excluding tert-OH is 1. The first-order valence-corrected chi connectivity index (χ1v) is 3.40. The van der Waals surface area contributed by atoms with Crippen molar-refractivity contribution in [3.8, 4) is 0 Å². The number of ether oxygens (including phenoxy) is 1. The summed E-state index contributed by atoms with van der Waals surface area (Å²) in [4.78, 5) is 10.6. The highest BCUT2D eigenvalue weighted by molar-refractivity contribution is 5.82. The predicted octanol–water partition coefficient (Wildman–Crippen LogP) is 1.57. The molecule has 0 aromatic rings. The van der Waals surface area contributed by atoms with Crippen LogP contribution in [0.2, 0.25) is 0 Å². The van der Waals surface area contributed by atoms with Gasteiger partial charge in [0.05, 0.1) is 12.7 Å². The van der Waals surface area contributed by atoms with Gasteiger partial charge in [0.1, 0.15) is 5.76 Å². The highest BCUT2D eigenvalue weighted by atomic mass is 16.5. The molecule has 0 amide bonds. The summed E-state index contributed by atoms with van der Waals surface area (Å²) in [6.45, 7) is 3.77. The minimum absolute atomic E-state index is 0.0917. The highest BCUT2D eigenvalue weighted by Gasteiger charge is 1.95. The summed E-state index contributed by atoms with van der Waals surface area (Å²) in [6.07, 6.45) is 4.07. The molecule has 0 aliphatic heterocycles. The summed E-state index contributed by atoms with van der Waals surface area (Å²) in [5.41, 5.74) is 0. The average molecular weight is 156 g/mol. The minimum Gasteiger partial charge on any atom is -0.508 e. The van der Waals surface area contributed by atoms with Crippen molar-refractivity contribution in [2.24, 2.45) is 0 Å². The lowest BCUT2D eigenvalue weighted by molar-refractivity contribution is -0.137. The number of aliphatic hydroxyl groups is 1. The van der Waals surface area contributed by atoms with Crippen molar-refractivity contribution in [1.82, 2.24) is 0 Å². The molecule has 0 aromatic heterocycles. The zero-order valence-corrected chi connectivity index (χ0v) is 6.70. The summed E-state index contributed by atoms with van der Waals surface area (Å²) < 4.78 is 4.55. The van der Waals surface area contributed by atoms with Crippen molar-refractivity contribution in [2.75, 3.05) is 6.61 Å². The van der Waals surface area contributed by atoms with Crippen LogP contribution in [-0.2, 0) is 9.53 Å². The van der Waals surface area contributed by atoms with Gasteiger partial charge < -0.3 is 9.84 Å². The molecule has 0 aliphatic rings. The maximum absolute atomic E-state index is 10.6. The van der Waals surface area contributed by atoms with Gasteiger partial charge >= 0.3 is 5.97 Å². The van der Waals surface area contributed by atoms with E-state index in [0.717, 1.165) is 6.08 Å². The van der Waals surface area contributed by atoms with E-state index < -0.39 is 5.97 Å². The first-order chi connectivity index (χ1) is 5.20. The maximum Gasteiger partial charge on any atom is 0.334 e. The molecule has 0 radical (unpaired) electrons. The molecule has 3 heteroatoms. The van der Waals surface area contributed by atoms with Gasteiger partial charge in [0, 0.05) is 0 Å². The monoisotopic (exact) mass is 156 g/mol. The summed E-state index contributed by atoms with van der Waals surface area (Å²) >= 11 is 0. The van der Waals surface area contributed by atoms with Gasteiger partial charge in [-0.15, -0.1) is 0 Å². The minimum atomic E-state index is -0.525. The van der Waals surface area contributed by atoms with Crippen LogP contribution in [0.1, 0.15) is 13.8 Å². The van der Waals surface area contributed by atoms with Gasteiger partial charge in [-0.2, -0.15) is 0 Å². The standard InChI is InChI=1S/C8H12O3/c1-3-5-7(9)6-8(10)11-4-2/h3,5-6,9H,4H2,1-2H3. The number of carbonyl (C=O) groups excluding carboxylic acids is 1. The normalized spacial score (nSPS) is 12.0. The van der Waals surface area contributed by atoms with E-state index in [0.29, 0.717) is 6.61 Å². The summed E-state index contributed by atoms with van der Waals surface area (Å²) in [6, 6.07) is 0. The molecule has 0 atom stereocenters. The van der Waals surface area contributed by atoms with Crippen molar-refractivity contribution in [2.45, 2.75) is 13.8 Å². The first kappa shape index (κ1) is 9.75. The molecule has 0 heterocycles. The van der Waals surface area contributed by atoms with Crippen molar-refractivity contribution in [3.05, 3.63) is 24.0 Å². The smallest absolute Gasteiger partial charge is 0.334 e. The van der Waals surface area contributed by atoms with Crippen LogP contribution in [0.5, 0.6) is 0 Å². The van der Waals surface area contributed by atoms with E-state index >= 15 is 0 Å². The van der Waals surface area contributed by atoms with Crippen molar-refractivity contribution >= 4 is 5.97 Å². The van der Waals surface area contributed by atoms with Gasteiger partial charge in [-0.05, 0) is 19.9 Å². The highest BCUT2D eigenvalue weighted by Crippen LogP contribution is 1.91. The second-order valence-electron chi connectivity index (χ2n) is 1.82. The number of hydrogen-bond acceptors (Lipinski definition) is 3. The number of rotatable bonds is 3. The molecule has 3 nitrogen and oxygen atoms in total. The molecule has 0 aromatic carbocycles. The Balaban J connectivity index is 3.96. The Morgan fingerprint density at radius 2 is 2.27 bits per heavy atom. The largest absolute Gasteiger partial charge is 0.508 e. The van der Waals surface area contributed by atoms with E-state index in [9.17, 15) is 4.79 Å². The van der Waals surface area contributed by atoms with Crippen LogP contribution in [0.4, 0.5) is 0 Å². The number of esters is 1. The molecule has 0 fully saturated rings. The topological polar surface area (TPSA) is 46.5 Å². The van der Waals surface area contributed by atoms with E-state index in [1.807, 2.05) is 0 Å². The molecule has 11 heavy (non-hydrogen) atoms. The summed E-state index contributed by atoms with van der Waals surface area (Å²) in [7, 11) is 0. The van der Waals surface area contributed by atoms with Crippen LogP contribution in [-0.4, -0.2) is 17.7 Å². The molecule has 0 unspecified atom stereocenters. The Morgan fingerprint density at radius 3 is 2.73 bits per heavy atom. The Bertz CT molecular complexity index is 180. The zero-order valence-electron chi connectivity index (χ0n) is 6.70. The predicted molar refractivity (Wildman–Crippen MR) is 42.2 cm³/mol. The average Bonchev–Trinajstić information content (AvgIpc) is 1.87. The summed E-state index contributed by atoms with van der Waals surface area (Å²) in [5, 5.41) is 8.92. The van der Waals surface area contributed by atoms with Gasteiger partial charge in [-0.25, -0.2) is 4.79 Å². The molecule has 0 aliphatic carbocycles. The van der Waals surface area contributed by atoms with E-state index in [1.54, 1.807) is 19.9 Å². The molecule has 0 spiro atoms. The van der Waals surface area contributed by atoms with Crippen LogP contribution in [0.3, 0.4) is 0 Å². The van der Waals surface area contributed by atoms with Crippen molar-refractivity contribution in [1.29, 1.82) is 0 Å². The molecule has 0 saturated carbocycles. The van der Waals surface area contributed by atoms with Crippen LogP contribution in [0, 0.1) is 0 Å². The van der Waals surface area contributed by atoms with E-state index in [1.165, 1.54) is 6.08 Å². The van der Waals surface area contributed by atoms with Crippen LogP contribution >= 0.6 is 0 Å². The third-order valence-electron chi connectivity index (χ3n) is 0.890. The van der Waals surface area contributed by atoms with Crippen LogP contribution in [0.25, 0.3) is 0 Å².